The Morgan fingerprint density at radius 2 is 2.08 bits per heavy atom. The maximum absolute atomic E-state index is 14.2. The highest BCUT2D eigenvalue weighted by atomic mass is 19.1. The van der Waals surface area contributed by atoms with Gasteiger partial charge in [-0.2, -0.15) is 0 Å². The molecular weight excluding hydrogens is 331 g/mol. The van der Waals surface area contributed by atoms with Crippen LogP contribution in [0.4, 0.5) is 4.39 Å². The predicted molar refractivity (Wildman–Crippen MR) is 98.3 cm³/mol. The van der Waals surface area contributed by atoms with Crippen molar-refractivity contribution in [3.05, 3.63) is 65.2 Å². The second-order valence-corrected chi connectivity index (χ2v) is 6.75. The number of benzene rings is 1. The second kappa shape index (κ2) is 6.88. The molecule has 1 aliphatic rings. The molecule has 134 valence electrons. The number of carbonyl (C=O) groups is 1. The number of H-pyrrole nitrogens is 1. The van der Waals surface area contributed by atoms with E-state index in [1.807, 2.05) is 29.2 Å². The number of likely N-dealkylation sites (tertiary alicyclic amines) is 1. The van der Waals surface area contributed by atoms with Crippen molar-refractivity contribution >= 4 is 16.9 Å². The molecule has 3 N–H and O–H groups in total. The average molecular weight is 352 g/mol. The molecule has 1 aromatic carbocycles. The van der Waals surface area contributed by atoms with Gasteiger partial charge in [-0.3, -0.25) is 4.79 Å². The molecule has 0 unspecified atom stereocenters. The summed E-state index contributed by atoms with van der Waals surface area (Å²) in [6.45, 7) is 1.62. The first-order valence-corrected chi connectivity index (χ1v) is 8.87. The fraction of sp³-hybridized carbons (Fsp3) is 0.300. The van der Waals surface area contributed by atoms with Gasteiger partial charge < -0.3 is 15.6 Å². The number of aromatic nitrogens is 2. The summed E-state index contributed by atoms with van der Waals surface area (Å²) in [6, 6.07) is 10.7. The Morgan fingerprint density at radius 1 is 1.27 bits per heavy atom. The van der Waals surface area contributed by atoms with Crippen molar-refractivity contribution in [1.82, 2.24) is 14.9 Å². The summed E-state index contributed by atoms with van der Waals surface area (Å²) in [5.41, 5.74) is 8.59. The molecule has 2 aromatic heterocycles. The van der Waals surface area contributed by atoms with Gasteiger partial charge in [0.15, 0.2) is 0 Å². The summed E-state index contributed by atoms with van der Waals surface area (Å²) >= 11 is 0. The number of pyridine rings is 1. The van der Waals surface area contributed by atoms with E-state index >= 15 is 0 Å². The van der Waals surface area contributed by atoms with E-state index in [0.717, 1.165) is 29.4 Å². The van der Waals surface area contributed by atoms with E-state index in [2.05, 4.69) is 9.97 Å². The lowest BCUT2D eigenvalue weighted by atomic mass is 9.88. The van der Waals surface area contributed by atoms with E-state index in [9.17, 15) is 9.18 Å². The first-order chi connectivity index (χ1) is 12.7. The third kappa shape index (κ3) is 3.08. The molecule has 1 saturated heterocycles. The predicted octanol–water partition coefficient (Wildman–Crippen LogP) is 3.18. The van der Waals surface area contributed by atoms with Gasteiger partial charge in [0.05, 0.1) is 0 Å². The van der Waals surface area contributed by atoms with E-state index in [4.69, 9.17) is 5.73 Å². The molecule has 0 radical (unpaired) electrons. The van der Waals surface area contributed by atoms with E-state index in [0.29, 0.717) is 31.0 Å². The summed E-state index contributed by atoms with van der Waals surface area (Å²) in [4.78, 5) is 21.9. The highest BCUT2D eigenvalue weighted by molar-refractivity contribution is 5.97. The number of amides is 1. The van der Waals surface area contributed by atoms with Crippen LogP contribution in [0.1, 0.15) is 40.4 Å². The normalized spacial score (nSPS) is 15.5. The average Bonchev–Trinajstić information content (AvgIpc) is 3.12. The molecule has 0 saturated carbocycles. The Hall–Kier alpha value is -2.73. The molecule has 6 heteroatoms. The maximum atomic E-state index is 14.2. The van der Waals surface area contributed by atoms with Gasteiger partial charge in [-0.05, 0) is 54.2 Å². The number of aromatic amines is 1. The van der Waals surface area contributed by atoms with Crippen LogP contribution in [0.5, 0.6) is 0 Å². The summed E-state index contributed by atoms with van der Waals surface area (Å²) in [7, 11) is 0. The highest BCUT2D eigenvalue weighted by Crippen LogP contribution is 2.31. The van der Waals surface area contributed by atoms with Crippen molar-refractivity contribution < 1.29 is 9.18 Å². The minimum Gasteiger partial charge on any atom is -0.337 e. The van der Waals surface area contributed by atoms with Crippen molar-refractivity contribution in [2.75, 3.05) is 13.1 Å². The standard InChI is InChI=1S/C20H21FN4O/c21-17-4-3-13(12-22)10-16(17)14-5-8-25(9-6-14)20(26)18-11-15-2-1-7-23-19(15)24-18/h1-4,7,10-11,14H,5-6,8-9,12,22H2,(H,23,24). The van der Waals surface area contributed by atoms with Crippen molar-refractivity contribution in [3.8, 4) is 0 Å². The zero-order chi connectivity index (χ0) is 18.1. The van der Waals surface area contributed by atoms with Crippen molar-refractivity contribution in [2.45, 2.75) is 25.3 Å². The summed E-state index contributed by atoms with van der Waals surface area (Å²) in [6.07, 6.45) is 3.19. The molecule has 5 nitrogen and oxygen atoms in total. The summed E-state index contributed by atoms with van der Waals surface area (Å²) in [5, 5.41) is 0.923. The van der Waals surface area contributed by atoms with Crippen LogP contribution >= 0.6 is 0 Å². The van der Waals surface area contributed by atoms with Gasteiger partial charge in [0.2, 0.25) is 0 Å². The molecule has 26 heavy (non-hydrogen) atoms. The minimum absolute atomic E-state index is 0.0300. The Kier molecular flexibility index (Phi) is 4.42. The number of halogens is 1. The summed E-state index contributed by atoms with van der Waals surface area (Å²) in [5.74, 6) is -0.0961. The highest BCUT2D eigenvalue weighted by Gasteiger charge is 2.27. The Bertz CT molecular complexity index is 911. The molecule has 3 aromatic rings. The van der Waals surface area contributed by atoms with Crippen LogP contribution in [0.25, 0.3) is 11.0 Å². The van der Waals surface area contributed by atoms with Gasteiger partial charge >= 0.3 is 0 Å². The number of piperidine rings is 1. The first kappa shape index (κ1) is 16.7. The number of hydrogen-bond donors (Lipinski definition) is 2. The fourth-order valence-corrected chi connectivity index (χ4v) is 3.67. The van der Waals surface area contributed by atoms with E-state index in [1.54, 1.807) is 12.3 Å². The van der Waals surface area contributed by atoms with E-state index < -0.39 is 0 Å². The minimum atomic E-state index is -0.186. The van der Waals surface area contributed by atoms with Crippen molar-refractivity contribution in [1.29, 1.82) is 0 Å². The number of carbonyl (C=O) groups excluding carboxylic acids is 1. The Balaban J connectivity index is 1.47. The smallest absolute Gasteiger partial charge is 0.270 e. The molecule has 0 atom stereocenters. The summed E-state index contributed by atoms with van der Waals surface area (Å²) < 4.78 is 14.2. The van der Waals surface area contributed by atoms with E-state index in [1.165, 1.54) is 6.07 Å². The van der Waals surface area contributed by atoms with Crippen LogP contribution in [-0.4, -0.2) is 33.9 Å². The Morgan fingerprint density at radius 3 is 2.81 bits per heavy atom. The number of hydrogen-bond acceptors (Lipinski definition) is 3. The zero-order valence-corrected chi connectivity index (χ0v) is 14.4. The molecule has 1 aliphatic heterocycles. The van der Waals surface area contributed by atoms with Crippen LogP contribution in [0.2, 0.25) is 0 Å². The third-order valence-electron chi connectivity index (χ3n) is 5.14. The molecule has 0 bridgehead atoms. The first-order valence-electron chi connectivity index (χ1n) is 8.87. The van der Waals surface area contributed by atoms with Gasteiger partial charge in [-0.25, -0.2) is 9.37 Å². The van der Waals surface area contributed by atoms with Crippen LogP contribution < -0.4 is 5.73 Å². The number of rotatable bonds is 3. The van der Waals surface area contributed by atoms with Gasteiger partial charge in [0, 0.05) is 31.2 Å². The lowest BCUT2D eigenvalue weighted by molar-refractivity contribution is 0.0707. The number of nitrogens with zero attached hydrogens (tertiary/aromatic N) is 2. The van der Waals surface area contributed by atoms with Crippen LogP contribution in [0, 0.1) is 5.82 Å². The third-order valence-corrected chi connectivity index (χ3v) is 5.14. The topological polar surface area (TPSA) is 75.0 Å². The quantitative estimate of drug-likeness (QED) is 0.760. The zero-order valence-electron chi connectivity index (χ0n) is 14.4. The lowest BCUT2D eigenvalue weighted by Crippen LogP contribution is -2.38. The molecule has 1 fully saturated rings. The van der Waals surface area contributed by atoms with Gasteiger partial charge in [0.1, 0.15) is 17.2 Å². The number of fused-ring (bicyclic) bond motifs is 1. The van der Waals surface area contributed by atoms with Crippen LogP contribution in [0.3, 0.4) is 0 Å². The lowest BCUT2D eigenvalue weighted by Gasteiger charge is -2.32. The largest absolute Gasteiger partial charge is 0.337 e. The van der Waals surface area contributed by atoms with Crippen molar-refractivity contribution in [3.63, 3.8) is 0 Å². The number of nitrogens with two attached hydrogens (primary N) is 1. The molecule has 0 spiro atoms. The Labute approximate surface area is 151 Å². The maximum Gasteiger partial charge on any atom is 0.270 e. The monoisotopic (exact) mass is 352 g/mol. The molecule has 3 heterocycles. The molecule has 0 aliphatic carbocycles. The van der Waals surface area contributed by atoms with Gasteiger partial charge in [-0.15, -0.1) is 0 Å². The SMILES string of the molecule is NCc1ccc(F)c(C2CCN(C(=O)c3cc4cccnc4[nH]3)CC2)c1. The number of nitrogens with one attached hydrogen (secondary N) is 1. The molecular formula is C20H21FN4O. The fourth-order valence-electron chi connectivity index (χ4n) is 3.67. The van der Waals surface area contributed by atoms with Crippen molar-refractivity contribution in [2.24, 2.45) is 5.73 Å². The second-order valence-electron chi connectivity index (χ2n) is 6.75. The van der Waals surface area contributed by atoms with Crippen LogP contribution in [-0.2, 0) is 6.54 Å². The van der Waals surface area contributed by atoms with E-state index in [-0.39, 0.29) is 17.6 Å². The van der Waals surface area contributed by atoms with Crippen LogP contribution in [0.15, 0.2) is 42.6 Å². The molecule has 4 rings (SSSR count). The van der Waals surface area contributed by atoms with Gasteiger partial charge in [-0.1, -0.05) is 12.1 Å². The molecule has 1 amide bonds. The van der Waals surface area contributed by atoms with Gasteiger partial charge in [0.25, 0.3) is 5.91 Å².